The summed E-state index contributed by atoms with van der Waals surface area (Å²) in [6.07, 6.45) is 7.11. The minimum absolute atomic E-state index is 0.140. The fraction of sp³-hybridized carbons (Fsp3) is 0.526. The predicted molar refractivity (Wildman–Crippen MR) is 192 cm³/mol. The lowest BCUT2D eigenvalue weighted by atomic mass is 9.98. The Kier molecular flexibility index (Phi) is 12.4. The summed E-state index contributed by atoms with van der Waals surface area (Å²) in [6, 6.07) is 19.7. The van der Waals surface area contributed by atoms with Gasteiger partial charge in [-0.05, 0) is 104 Å². The van der Waals surface area contributed by atoms with Crippen LogP contribution in [0.1, 0.15) is 80.4 Å². The van der Waals surface area contributed by atoms with Crippen LogP contribution < -0.4 is 18.6 Å². The van der Waals surface area contributed by atoms with E-state index in [2.05, 4.69) is 94.2 Å². The standard InChI is InChI=1S/C38H55NO4SSi/c1-28-15-18-32(19-16-28)44-37(30-17-20-33(40-5)34(25-30)41-6)14-12-10-11-13-22-39-23-21-29-24-35(42-7)36(26-31(29)27-39)43-45(8,9)38(2,3)4/h15-20,24-26,37H,10-14,21-23,27H2,1-9H3. The summed E-state index contributed by atoms with van der Waals surface area (Å²) >= 11 is 1.95. The van der Waals surface area contributed by atoms with Crippen LogP contribution in [0.25, 0.3) is 0 Å². The molecule has 0 bridgehead atoms. The zero-order valence-electron chi connectivity index (χ0n) is 29.1. The zero-order chi connectivity index (χ0) is 32.6. The highest BCUT2D eigenvalue weighted by atomic mass is 32.2. The molecule has 4 rings (SSSR count). The molecule has 246 valence electrons. The summed E-state index contributed by atoms with van der Waals surface area (Å²) in [4.78, 5) is 3.92. The number of methoxy groups -OCH3 is 3. The van der Waals surface area contributed by atoms with E-state index in [9.17, 15) is 0 Å². The van der Waals surface area contributed by atoms with Gasteiger partial charge in [-0.2, -0.15) is 0 Å². The lowest BCUT2D eigenvalue weighted by molar-refractivity contribution is 0.247. The third kappa shape index (κ3) is 9.46. The van der Waals surface area contributed by atoms with Crippen LogP contribution in [0.5, 0.6) is 23.0 Å². The van der Waals surface area contributed by atoms with Crippen LogP contribution in [0.15, 0.2) is 59.5 Å². The topological polar surface area (TPSA) is 40.2 Å². The van der Waals surface area contributed by atoms with Crippen LogP contribution in [0.2, 0.25) is 18.1 Å². The zero-order valence-corrected chi connectivity index (χ0v) is 30.9. The molecule has 0 N–H and O–H groups in total. The molecule has 0 saturated carbocycles. The molecule has 1 aliphatic heterocycles. The molecule has 1 atom stereocenters. The number of thioether (sulfide) groups is 1. The van der Waals surface area contributed by atoms with Crippen molar-refractivity contribution in [3.8, 4) is 23.0 Å². The predicted octanol–water partition coefficient (Wildman–Crippen LogP) is 10.2. The van der Waals surface area contributed by atoms with Crippen molar-refractivity contribution in [2.45, 2.75) is 101 Å². The quantitative estimate of drug-likeness (QED) is 0.0927. The number of rotatable bonds is 15. The Morgan fingerprint density at radius 2 is 1.42 bits per heavy atom. The maximum Gasteiger partial charge on any atom is 0.250 e. The Labute approximate surface area is 278 Å². The van der Waals surface area contributed by atoms with Crippen LogP contribution in [-0.2, 0) is 13.0 Å². The largest absolute Gasteiger partial charge is 0.541 e. The van der Waals surface area contributed by atoms with Crippen LogP contribution >= 0.6 is 11.8 Å². The molecule has 1 heterocycles. The Morgan fingerprint density at radius 3 is 2.09 bits per heavy atom. The lowest BCUT2D eigenvalue weighted by Crippen LogP contribution is -2.44. The summed E-state index contributed by atoms with van der Waals surface area (Å²) < 4.78 is 23.6. The van der Waals surface area contributed by atoms with Gasteiger partial charge in [0.25, 0.3) is 8.32 Å². The maximum atomic E-state index is 6.71. The number of hydrogen-bond donors (Lipinski definition) is 0. The smallest absolute Gasteiger partial charge is 0.250 e. The molecule has 5 nitrogen and oxygen atoms in total. The second-order valence-electron chi connectivity index (χ2n) is 13.9. The first-order valence-electron chi connectivity index (χ1n) is 16.5. The Hall–Kier alpha value is -2.61. The molecule has 3 aromatic rings. The average Bonchev–Trinajstić information content (AvgIpc) is 3.01. The summed E-state index contributed by atoms with van der Waals surface area (Å²) in [6.45, 7) is 16.8. The van der Waals surface area contributed by atoms with Gasteiger partial charge in [-0.25, -0.2) is 0 Å². The van der Waals surface area contributed by atoms with E-state index in [0.29, 0.717) is 5.25 Å². The van der Waals surface area contributed by atoms with Crippen LogP contribution in [0.3, 0.4) is 0 Å². The van der Waals surface area contributed by atoms with Gasteiger partial charge in [0.05, 0.1) is 21.3 Å². The number of ether oxygens (including phenoxy) is 3. The summed E-state index contributed by atoms with van der Waals surface area (Å²) in [7, 11) is 3.20. The van der Waals surface area contributed by atoms with E-state index in [1.807, 2.05) is 17.8 Å². The Balaban J connectivity index is 1.31. The van der Waals surface area contributed by atoms with Crippen LogP contribution in [0.4, 0.5) is 0 Å². The van der Waals surface area contributed by atoms with E-state index in [1.165, 1.54) is 52.8 Å². The fourth-order valence-electron chi connectivity index (χ4n) is 5.63. The van der Waals surface area contributed by atoms with E-state index < -0.39 is 8.32 Å². The fourth-order valence-corrected chi connectivity index (χ4v) is 7.83. The molecule has 3 aromatic carbocycles. The monoisotopic (exact) mass is 649 g/mol. The second-order valence-corrected chi connectivity index (χ2v) is 19.9. The summed E-state index contributed by atoms with van der Waals surface area (Å²) in [5.74, 6) is 3.36. The van der Waals surface area contributed by atoms with Gasteiger partial charge in [-0.15, -0.1) is 11.8 Å². The molecule has 0 amide bonds. The summed E-state index contributed by atoms with van der Waals surface area (Å²) in [5.41, 5.74) is 5.37. The van der Waals surface area contributed by atoms with E-state index in [1.54, 1.807) is 21.3 Å². The first kappa shape index (κ1) is 35.2. The highest BCUT2D eigenvalue weighted by Gasteiger charge is 2.39. The van der Waals surface area contributed by atoms with Crippen molar-refractivity contribution in [1.29, 1.82) is 0 Å². The minimum atomic E-state index is -1.96. The van der Waals surface area contributed by atoms with Crippen molar-refractivity contribution in [3.63, 3.8) is 0 Å². The number of benzene rings is 3. The van der Waals surface area contributed by atoms with Crippen LogP contribution in [0, 0.1) is 6.92 Å². The molecule has 0 fully saturated rings. The Bertz CT molecular complexity index is 1390. The number of aryl methyl sites for hydroxylation is 1. The molecular formula is C38H55NO4SSi. The molecule has 1 aliphatic rings. The van der Waals surface area contributed by atoms with Crippen molar-refractivity contribution < 1.29 is 18.6 Å². The molecule has 0 saturated heterocycles. The SMILES string of the molecule is COc1ccc(C(CCCCCCN2CCc3cc(OC)c(O[Si](C)(C)C(C)(C)C)cc3C2)Sc2ccc(C)cc2)cc1OC. The third-order valence-electron chi connectivity index (χ3n) is 9.52. The molecule has 7 heteroatoms. The van der Waals surface area contributed by atoms with E-state index >= 15 is 0 Å². The minimum Gasteiger partial charge on any atom is -0.541 e. The highest BCUT2D eigenvalue weighted by Crippen LogP contribution is 2.43. The molecule has 0 aromatic heterocycles. The molecule has 0 spiro atoms. The molecule has 0 radical (unpaired) electrons. The summed E-state index contributed by atoms with van der Waals surface area (Å²) in [5, 5.41) is 0.506. The highest BCUT2D eigenvalue weighted by molar-refractivity contribution is 7.99. The van der Waals surface area contributed by atoms with Crippen molar-refractivity contribution in [1.82, 2.24) is 4.90 Å². The Morgan fingerprint density at radius 1 is 0.778 bits per heavy atom. The van der Waals surface area contributed by atoms with E-state index in [0.717, 1.165) is 55.5 Å². The third-order valence-corrected chi connectivity index (χ3v) is 15.2. The number of unbranched alkanes of at least 4 members (excludes halogenated alkanes) is 3. The van der Waals surface area contributed by atoms with Crippen molar-refractivity contribution in [3.05, 3.63) is 76.9 Å². The normalized spacial score (nSPS) is 14.5. The number of nitrogens with zero attached hydrogens (tertiary/aromatic N) is 1. The van der Waals surface area contributed by atoms with Crippen LogP contribution in [-0.4, -0.2) is 47.6 Å². The van der Waals surface area contributed by atoms with Crippen molar-refractivity contribution in [2.24, 2.45) is 0 Å². The van der Waals surface area contributed by atoms with Crippen molar-refractivity contribution in [2.75, 3.05) is 34.4 Å². The first-order valence-corrected chi connectivity index (χ1v) is 20.3. The van der Waals surface area contributed by atoms with Gasteiger partial charge >= 0.3 is 0 Å². The number of hydrogen-bond acceptors (Lipinski definition) is 6. The average molecular weight is 650 g/mol. The van der Waals surface area contributed by atoms with Gasteiger partial charge in [0.15, 0.2) is 17.2 Å². The maximum absolute atomic E-state index is 6.71. The van der Waals surface area contributed by atoms with Gasteiger partial charge in [0.1, 0.15) is 5.75 Å². The molecule has 45 heavy (non-hydrogen) atoms. The van der Waals surface area contributed by atoms with Gasteiger partial charge in [-0.1, -0.05) is 63.8 Å². The van der Waals surface area contributed by atoms with Gasteiger partial charge in [-0.3, -0.25) is 4.90 Å². The van der Waals surface area contributed by atoms with Gasteiger partial charge in [0, 0.05) is 23.2 Å². The lowest BCUT2D eigenvalue weighted by Gasteiger charge is -2.37. The van der Waals surface area contributed by atoms with Gasteiger partial charge in [0.2, 0.25) is 0 Å². The van der Waals surface area contributed by atoms with Crippen molar-refractivity contribution >= 4 is 20.1 Å². The number of fused-ring (bicyclic) bond motifs is 1. The van der Waals surface area contributed by atoms with E-state index in [4.69, 9.17) is 18.6 Å². The molecule has 1 unspecified atom stereocenters. The molecule has 0 aliphatic carbocycles. The van der Waals surface area contributed by atoms with Gasteiger partial charge < -0.3 is 18.6 Å². The first-order chi connectivity index (χ1) is 21.4. The van der Waals surface area contributed by atoms with E-state index in [-0.39, 0.29) is 5.04 Å². The molecular weight excluding hydrogens is 595 g/mol. The second kappa shape index (κ2) is 15.8.